The summed E-state index contributed by atoms with van der Waals surface area (Å²) >= 11 is 0. The van der Waals surface area contributed by atoms with Crippen molar-refractivity contribution in [1.82, 2.24) is 5.32 Å². The molecule has 0 aromatic heterocycles. The van der Waals surface area contributed by atoms with E-state index >= 15 is 0 Å². The first-order valence-electron chi connectivity index (χ1n) is 4.67. The lowest BCUT2D eigenvalue weighted by Crippen LogP contribution is -2.23. The van der Waals surface area contributed by atoms with Crippen molar-refractivity contribution in [1.29, 1.82) is 0 Å². The van der Waals surface area contributed by atoms with E-state index in [-0.39, 0.29) is 25.9 Å². The number of hydrogen-bond donors (Lipinski definition) is 1. The van der Waals surface area contributed by atoms with Gasteiger partial charge in [-0.1, -0.05) is 5.11 Å². The largest absolute Gasteiger partial charge is 0.359 e. The highest BCUT2D eigenvalue weighted by molar-refractivity contribution is 7.54. The van der Waals surface area contributed by atoms with E-state index in [1.54, 1.807) is 6.92 Å². The van der Waals surface area contributed by atoms with E-state index < -0.39 is 13.5 Å². The highest BCUT2D eigenvalue weighted by atomic mass is 31.2. The zero-order chi connectivity index (χ0) is 12.4. The maximum Gasteiger partial charge on any atom is 0.340 e. The molecule has 8 nitrogen and oxygen atoms in total. The van der Waals surface area contributed by atoms with Crippen molar-refractivity contribution in [2.45, 2.75) is 6.92 Å². The molecule has 0 rings (SSSR count). The van der Waals surface area contributed by atoms with E-state index in [0.29, 0.717) is 0 Å². The van der Waals surface area contributed by atoms with E-state index in [1.165, 1.54) is 7.05 Å². The fourth-order valence-electron chi connectivity index (χ4n) is 0.846. The molecular formula is C7H15N4O4P. The Hall–Kier alpha value is -1.07. The number of nitrogens with one attached hydrogen (secondary N) is 1. The van der Waals surface area contributed by atoms with Gasteiger partial charge < -0.3 is 14.4 Å². The van der Waals surface area contributed by atoms with Crippen molar-refractivity contribution in [2.75, 3.05) is 33.0 Å². The number of nitrogens with zero attached hydrogens (tertiary/aromatic N) is 3. The van der Waals surface area contributed by atoms with E-state index in [1.807, 2.05) is 0 Å². The summed E-state index contributed by atoms with van der Waals surface area (Å²) in [6, 6.07) is 0. The van der Waals surface area contributed by atoms with Gasteiger partial charge in [0.25, 0.3) is 0 Å². The van der Waals surface area contributed by atoms with Crippen LogP contribution in [0.1, 0.15) is 6.92 Å². The van der Waals surface area contributed by atoms with Crippen LogP contribution < -0.4 is 5.32 Å². The molecule has 0 aromatic rings. The van der Waals surface area contributed by atoms with Gasteiger partial charge >= 0.3 is 7.60 Å². The third-order valence-electron chi connectivity index (χ3n) is 1.48. The summed E-state index contributed by atoms with van der Waals surface area (Å²) in [5.41, 5.74) is 8.02. The standard InChI is InChI=1S/C7H15N4O4P/c1-3-14-16(13,6-7(12)9-2)15-5-4-10-11-8/h3-6H2,1-2H3,(H,9,12). The molecule has 0 saturated heterocycles. The molecule has 0 fully saturated rings. The second kappa shape index (κ2) is 8.13. The van der Waals surface area contributed by atoms with Gasteiger partial charge in [0.2, 0.25) is 5.91 Å². The molecule has 1 atom stereocenters. The summed E-state index contributed by atoms with van der Waals surface area (Å²) in [4.78, 5) is 13.6. The molecular weight excluding hydrogens is 235 g/mol. The average Bonchev–Trinajstić information content (AvgIpc) is 2.24. The highest BCUT2D eigenvalue weighted by Gasteiger charge is 2.27. The first-order chi connectivity index (χ1) is 7.58. The van der Waals surface area contributed by atoms with Gasteiger partial charge in [0.05, 0.1) is 13.2 Å². The van der Waals surface area contributed by atoms with Crippen LogP contribution in [0, 0.1) is 0 Å². The molecule has 0 radical (unpaired) electrons. The van der Waals surface area contributed by atoms with Gasteiger partial charge in [-0.15, -0.1) is 0 Å². The number of azide groups is 1. The van der Waals surface area contributed by atoms with Gasteiger partial charge in [0, 0.05) is 18.5 Å². The van der Waals surface area contributed by atoms with Crippen LogP contribution in [0.25, 0.3) is 10.4 Å². The Bertz CT molecular complexity index is 316. The predicted molar refractivity (Wildman–Crippen MR) is 58.1 cm³/mol. The summed E-state index contributed by atoms with van der Waals surface area (Å²) in [6.45, 7) is 1.82. The smallest absolute Gasteiger partial charge is 0.340 e. The zero-order valence-electron chi connectivity index (χ0n) is 9.25. The van der Waals surface area contributed by atoms with Crippen LogP contribution in [0.3, 0.4) is 0 Å². The van der Waals surface area contributed by atoms with Crippen molar-refractivity contribution >= 4 is 13.5 Å². The Balaban J connectivity index is 4.26. The van der Waals surface area contributed by atoms with Crippen LogP contribution >= 0.6 is 7.60 Å². The summed E-state index contributed by atoms with van der Waals surface area (Å²) in [5, 5.41) is 5.54. The monoisotopic (exact) mass is 250 g/mol. The molecule has 1 N–H and O–H groups in total. The molecule has 9 heteroatoms. The van der Waals surface area contributed by atoms with Gasteiger partial charge in [-0.2, -0.15) is 0 Å². The molecule has 16 heavy (non-hydrogen) atoms. The molecule has 1 amide bonds. The average molecular weight is 250 g/mol. The minimum atomic E-state index is -3.43. The first-order valence-corrected chi connectivity index (χ1v) is 6.40. The number of carbonyl (C=O) groups excluding carboxylic acids is 1. The van der Waals surface area contributed by atoms with Gasteiger partial charge in [0.1, 0.15) is 6.16 Å². The van der Waals surface area contributed by atoms with Gasteiger partial charge in [-0.25, -0.2) is 0 Å². The SMILES string of the molecule is CCOP(=O)(CC(=O)NC)OCCN=[N+]=[N-]. The third-order valence-corrected chi connectivity index (χ3v) is 3.39. The topological polar surface area (TPSA) is 113 Å². The lowest BCUT2D eigenvalue weighted by Gasteiger charge is -2.16. The van der Waals surface area contributed by atoms with Gasteiger partial charge in [0.15, 0.2) is 0 Å². The second-order valence-electron chi connectivity index (χ2n) is 2.65. The molecule has 1 unspecified atom stereocenters. The maximum absolute atomic E-state index is 11.9. The number of rotatable bonds is 8. The van der Waals surface area contributed by atoms with Crippen molar-refractivity contribution in [3.05, 3.63) is 10.4 Å². The van der Waals surface area contributed by atoms with Crippen LogP contribution in [-0.2, 0) is 18.4 Å². The van der Waals surface area contributed by atoms with Crippen LogP contribution in [0.2, 0.25) is 0 Å². The summed E-state index contributed by atoms with van der Waals surface area (Å²) in [7, 11) is -2.00. The van der Waals surface area contributed by atoms with Crippen LogP contribution in [0.15, 0.2) is 5.11 Å². The van der Waals surface area contributed by atoms with Crippen molar-refractivity contribution < 1.29 is 18.4 Å². The van der Waals surface area contributed by atoms with Gasteiger partial charge in [-0.05, 0) is 12.5 Å². The summed E-state index contributed by atoms with van der Waals surface area (Å²) in [5.74, 6) is -0.430. The molecule has 0 aliphatic heterocycles. The third kappa shape index (κ3) is 6.42. The van der Waals surface area contributed by atoms with Gasteiger partial charge in [-0.3, -0.25) is 9.36 Å². The molecule has 92 valence electrons. The lowest BCUT2D eigenvalue weighted by atomic mass is 10.7. The normalized spacial score (nSPS) is 13.6. The lowest BCUT2D eigenvalue weighted by molar-refractivity contribution is -0.118. The van der Waals surface area contributed by atoms with Crippen LogP contribution in [0.5, 0.6) is 0 Å². The Morgan fingerprint density at radius 1 is 1.56 bits per heavy atom. The predicted octanol–water partition coefficient (Wildman–Crippen LogP) is 1.29. The minimum Gasteiger partial charge on any atom is -0.359 e. The Morgan fingerprint density at radius 3 is 2.75 bits per heavy atom. The Labute approximate surface area is 93.5 Å². The molecule has 0 aliphatic carbocycles. The van der Waals surface area contributed by atoms with Crippen LogP contribution in [-0.4, -0.2) is 38.9 Å². The minimum absolute atomic E-state index is 0.0430. The number of hydrogen-bond acceptors (Lipinski definition) is 5. The van der Waals surface area contributed by atoms with E-state index in [0.717, 1.165) is 0 Å². The molecule has 0 aliphatic rings. The summed E-state index contributed by atoms with van der Waals surface area (Å²) in [6.07, 6.45) is -0.340. The first kappa shape index (κ1) is 14.9. The molecule has 0 spiro atoms. The van der Waals surface area contributed by atoms with Crippen molar-refractivity contribution in [3.8, 4) is 0 Å². The fraction of sp³-hybridized carbons (Fsp3) is 0.857. The second-order valence-corrected chi connectivity index (χ2v) is 4.70. The quantitative estimate of drug-likeness (QED) is 0.230. The molecule has 0 bridgehead atoms. The Kier molecular flexibility index (Phi) is 7.58. The zero-order valence-corrected chi connectivity index (χ0v) is 10.1. The highest BCUT2D eigenvalue weighted by Crippen LogP contribution is 2.47. The fourth-order valence-corrected chi connectivity index (χ4v) is 2.37. The van der Waals surface area contributed by atoms with E-state index in [9.17, 15) is 9.36 Å². The number of carbonyl (C=O) groups is 1. The maximum atomic E-state index is 11.9. The molecule has 0 heterocycles. The summed E-state index contributed by atoms with van der Waals surface area (Å²) < 4.78 is 21.8. The molecule has 0 aromatic carbocycles. The molecule has 0 saturated carbocycles. The Morgan fingerprint density at radius 2 is 2.25 bits per heavy atom. The number of amides is 1. The van der Waals surface area contributed by atoms with E-state index in [4.69, 9.17) is 14.6 Å². The van der Waals surface area contributed by atoms with Crippen LogP contribution in [0.4, 0.5) is 0 Å². The van der Waals surface area contributed by atoms with Crippen molar-refractivity contribution in [2.24, 2.45) is 5.11 Å². The van der Waals surface area contributed by atoms with E-state index in [2.05, 4.69) is 15.3 Å². The van der Waals surface area contributed by atoms with Crippen molar-refractivity contribution in [3.63, 3.8) is 0 Å².